The molecular weight excluding hydrogens is 200 g/mol. The summed E-state index contributed by atoms with van der Waals surface area (Å²) in [6.45, 7) is 8.57. The summed E-state index contributed by atoms with van der Waals surface area (Å²) in [4.78, 5) is 12.2. The van der Waals surface area contributed by atoms with Crippen molar-refractivity contribution in [3.05, 3.63) is 33.7 Å². The fourth-order valence-corrected chi connectivity index (χ4v) is 1.96. The molecule has 1 aromatic heterocycles. The Morgan fingerprint density at radius 3 is 2.38 bits per heavy atom. The van der Waals surface area contributed by atoms with Crippen LogP contribution in [-0.4, -0.2) is 4.57 Å². The minimum Gasteiger partial charge on any atom is -0.326 e. The Morgan fingerprint density at radius 2 is 1.94 bits per heavy atom. The predicted molar refractivity (Wildman–Crippen MR) is 67.6 cm³/mol. The molecule has 0 radical (unpaired) electrons. The topological polar surface area (TPSA) is 48.0 Å². The van der Waals surface area contributed by atoms with Crippen LogP contribution in [0.15, 0.2) is 16.9 Å². The lowest BCUT2D eigenvalue weighted by Gasteiger charge is -2.26. The lowest BCUT2D eigenvalue weighted by atomic mass is 10.0. The molecule has 0 unspecified atom stereocenters. The Kier molecular flexibility index (Phi) is 3.92. The zero-order valence-electron chi connectivity index (χ0n) is 10.7. The molecule has 0 aliphatic carbocycles. The maximum atomic E-state index is 12.2. The number of pyridine rings is 1. The van der Waals surface area contributed by atoms with E-state index in [4.69, 9.17) is 5.73 Å². The van der Waals surface area contributed by atoms with E-state index in [9.17, 15) is 4.79 Å². The van der Waals surface area contributed by atoms with Crippen LogP contribution in [0, 0.1) is 0 Å². The number of hydrogen-bond acceptors (Lipinski definition) is 2. The van der Waals surface area contributed by atoms with E-state index in [1.165, 1.54) is 0 Å². The summed E-state index contributed by atoms with van der Waals surface area (Å²) in [6, 6.07) is 3.88. The van der Waals surface area contributed by atoms with E-state index in [1.54, 1.807) is 0 Å². The van der Waals surface area contributed by atoms with Gasteiger partial charge in [0.1, 0.15) is 0 Å². The fourth-order valence-electron chi connectivity index (χ4n) is 1.96. The van der Waals surface area contributed by atoms with Crippen LogP contribution in [-0.2, 0) is 18.5 Å². The second kappa shape index (κ2) is 4.83. The molecule has 0 aromatic carbocycles. The second-order valence-electron chi connectivity index (χ2n) is 5.12. The SMILES string of the molecule is CCCc1ccc(CN)c(=O)n1C(C)(C)C. The summed E-state index contributed by atoms with van der Waals surface area (Å²) in [5.41, 5.74) is 7.23. The number of nitrogens with two attached hydrogens (primary N) is 1. The Bertz CT molecular complexity index is 413. The van der Waals surface area contributed by atoms with Crippen molar-refractivity contribution in [2.45, 2.75) is 52.6 Å². The predicted octanol–water partition coefficient (Wildman–Crippen LogP) is 2.01. The number of aromatic nitrogens is 1. The first kappa shape index (κ1) is 13.0. The standard InChI is InChI=1S/C13H22N2O/c1-5-6-11-8-7-10(9-14)12(16)15(11)13(2,3)4/h7-8H,5-6,9,14H2,1-4H3. The van der Waals surface area contributed by atoms with Gasteiger partial charge < -0.3 is 10.3 Å². The highest BCUT2D eigenvalue weighted by atomic mass is 16.1. The van der Waals surface area contributed by atoms with Gasteiger partial charge in [-0.3, -0.25) is 4.79 Å². The molecule has 1 rings (SSSR count). The third-order valence-corrected chi connectivity index (χ3v) is 2.64. The zero-order valence-corrected chi connectivity index (χ0v) is 10.7. The molecule has 2 N–H and O–H groups in total. The van der Waals surface area contributed by atoms with Gasteiger partial charge in [-0.1, -0.05) is 19.4 Å². The van der Waals surface area contributed by atoms with Crippen LogP contribution >= 0.6 is 0 Å². The summed E-state index contributed by atoms with van der Waals surface area (Å²) in [6.07, 6.45) is 1.97. The van der Waals surface area contributed by atoms with Gasteiger partial charge in [-0.05, 0) is 33.3 Å². The second-order valence-corrected chi connectivity index (χ2v) is 5.12. The van der Waals surface area contributed by atoms with E-state index >= 15 is 0 Å². The van der Waals surface area contributed by atoms with Gasteiger partial charge in [-0.15, -0.1) is 0 Å². The molecule has 0 fully saturated rings. The van der Waals surface area contributed by atoms with E-state index in [2.05, 4.69) is 6.92 Å². The summed E-state index contributed by atoms with van der Waals surface area (Å²) in [7, 11) is 0. The normalized spacial score (nSPS) is 11.8. The maximum Gasteiger partial charge on any atom is 0.255 e. The van der Waals surface area contributed by atoms with Crippen molar-refractivity contribution in [2.75, 3.05) is 0 Å². The van der Waals surface area contributed by atoms with Gasteiger partial charge in [0.05, 0.1) is 0 Å². The molecular formula is C13H22N2O. The van der Waals surface area contributed by atoms with Crippen LogP contribution in [0.3, 0.4) is 0 Å². The first-order chi connectivity index (χ1) is 7.41. The minimum atomic E-state index is -0.188. The average molecular weight is 222 g/mol. The molecule has 3 nitrogen and oxygen atoms in total. The van der Waals surface area contributed by atoms with E-state index < -0.39 is 0 Å². The zero-order chi connectivity index (χ0) is 12.3. The van der Waals surface area contributed by atoms with Crippen LogP contribution in [0.5, 0.6) is 0 Å². The lowest BCUT2D eigenvalue weighted by Crippen LogP contribution is -2.38. The molecule has 1 heterocycles. The molecule has 0 bridgehead atoms. The summed E-state index contributed by atoms with van der Waals surface area (Å²) >= 11 is 0. The van der Waals surface area contributed by atoms with E-state index in [1.807, 2.05) is 37.5 Å². The van der Waals surface area contributed by atoms with Gasteiger partial charge in [-0.2, -0.15) is 0 Å². The quantitative estimate of drug-likeness (QED) is 0.850. The molecule has 0 spiro atoms. The van der Waals surface area contributed by atoms with E-state index in [0.29, 0.717) is 12.1 Å². The van der Waals surface area contributed by atoms with Crippen LogP contribution in [0.2, 0.25) is 0 Å². The summed E-state index contributed by atoms with van der Waals surface area (Å²) in [5.74, 6) is 0. The summed E-state index contributed by atoms with van der Waals surface area (Å²) < 4.78 is 1.87. The molecule has 3 heteroatoms. The van der Waals surface area contributed by atoms with Gasteiger partial charge in [0.2, 0.25) is 0 Å². The van der Waals surface area contributed by atoms with Crippen LogP contribution in [0.1, 0.15) is 45.4 Å². The molecule has 0 saturated carbocycles. The van der Waals surface area contributed by atoms with Crippen LogP contribution in [0.4, 0.5) is 0 Å². The first-order valence-electron chi connectivity index (χ1n) is 5.86. The van der Waals surface area contributed by atoms with E-state index in [-0.39, 0.29) is 11.1 Å². The monoisotopic (exact) mass is 222 g/mol. The number of aryl methyl sites for hydroxylation is 1. The molecule has 0 aliphatic heterocycles. The van der Waals surface area contributed by atoms with Gasteiger partial charge in [0.25, 0.3) is 5.56 Å². The maximum absolute atomic E-state index is 12.2. The highest BCUT2D eigenvalue weighted by Gasteiger charge is 2.19. The highest BCUT2D eigenvalue weighted by molar-refractivity contribution is 5.18. The van der Waals surface area contributed by atoms with E-state index in [0.717, 1.165) is 18.5 Å². The lowest BCUT2D eigenvalue weighted by molar-refractivity contribution is 0.368. The smallest absolute Gasteiger partial charge is 0.255 e. The van der Waals surface area contributed by atoms with Crippen molar-refractivity contribution in [1.82, 2.24) is 4.57 Å². The van der Waals surface area contributed by atoms with Crippen LogP contribution in [0.25, 0.3) is 0 Å². The van der Waals surface area contributed by atoms with Gasteiger partial charge in [0.15, 0.2) is 0 Å². The molecule has 0 aliphatic rings. The Morgan fingerprint density at radius 1 is 1.31 bits per heavy atom. The van der Waals surface area contributed by atoms with Crippen LogP contribution < -0.4 is 11.3 Å². The molecule has 16 heavy (non-hydrogen) atoms. The molecule has 90 valence electrons. The van der Waals surface area contributed by atoms with Crippen molar-refractivity contribution in [2.24, 2.45) is 5.73 Å². The fraction of sp³-hybridized carbons (Fsp3) is 0.615. The van der Waals surface area contributed by atoms with Crippen molar-refractivity contribution in [3.63, 3.8) is 0 Å². The molecule has 0 amide bonds. The molecule has 0 saturated heterocycles. The first-order valence-corrected chi connectivity index (χ1v) is 5.86. The number of nitrogens with zero attached hydrogens (tertiary/aromatic N) is 1. The highest BCUT2D eigenvalue weighted by Crippen LogP contribution is 2.16. The Labute approximate surface area is 97.3 Å². The molecule has 0 atom stereocenters. The minimum absolute atomic E-state index is 0.0564. The van der Waals surface area contributed by atoms with Gasteiger partial charge in [-0.25, -0.2) is 0 Å². The van der Waals surface area contributed by atoms with Gasteiger partial charge >= 0.3 is 0 Å². The number of rotatable bonds is 3. The van der Waals surface area contributed by atoms with Crippen molar-refractivity contribution >= 4 is 0 Å². The molecule has 1 aromatic rings. The van der Waals surface area contributed by atoms with Crippen molar-refractivity contribution in [3.8, 4) is 0 Å². The van der Waals surface area contributed by atoms with Crippen molar-refractivity contribution < 1.29 is 0 Å². The number of hydrogen-bond donors (Lipinski definition) is 1. The Balaban J connectivity index is 3.43. The summed E-state index contributed by atoms with van der Waals surface area (Å²) in [5, 5.41) is 0. The van der Waals surface area contributed by atoms with Crippen molar-refractivity contribution in [1.29, 1.82) is 0 Å². The average Bonchev–Trinajstić information content (AvgIpc) is 2.16. The van der Waals surface area contributed by atoms with Gasteiger partial charge in [0, 0.05) is 23.3 Å². The third-order valence-electron chi connectivity index (χ3n) is 2.64. The third kappa shape index (κ3) is 2.53. The Hall–Kier alpha value is -1.09. The largest absolute Gasteiger partial charge is 0.326 e.